The fraction of sp³-hybridized carbons (Fsp3) is 0.333. The van der Waals surface area contributed by atoms with Crippen LogP contribution in [0.15, 0.2) is 27.2 Å². The molecule has 0 unspecified atom stereocenters. The maximum atomic E-state index is 14.2. The van der Waals surface area contributed by atoms with Crippen LogP contribution >= 0.6 is 11.8 Å². The molecule has 0 aliphatic heterocycles. The molecule has 0 heterocycles. The van der Waals surface area contributed by atoms with Crippen molar-refractivity contribution in [3.8, 4) is 0 Å². The number of Topliss-reactive ketones (excluding diaryl/α,β-unsaturated/α-hetero) is 1. The Balaban J connectivity index is 2.87. The Labute approximate surface area is 156 Å². The van der Waals surface area contributed by atoms with Gasteiger partial charge in [0, 0.05) is 0 Å². The number of hydrogen-bond acceptors (Lipinski definition) is 4. The molecule has 146 valence electrons. The number of methoxy groups -OCH3 is 1. The molecule has 0 amide bonds. The third-order valence-electron chi connectivity index (χ3n) is 4.76. The minimum absolute atomic E-state index is 0.0939. The Kier molecular flexibility index (Phi) is 5.56. The lowest BCUT2D eigenvalue weighted by Crippen LogP contribution is -2.43. The Morgan fingerprint density at radius 2 is 1.19 bits per heavy atom. The van der Waals surface area contributed by atoms with Crippen LogP contribution < -0.4 is 0 Å². The number of carbonyl (C=O) groups excluding carboxylic acids is 2. The zero-order valence-electron chi connectivity index (χ0n) is 15.0. The molecule has 2 rings (SSSR count). The highest BCUT2D eigenvalue weighted by molar-refractivity contribution is 8.02. The smallest absolute Gasteiger partial charge is 0.330 e. The van der Waals surface area contributed by atoms with Crippen molar-refractivity contribution in [2.24, 2.45) is 0 Å². The first kappa shape index (κ1) is 21.1. The monoisotopic (exact) mass is 406 g/mol. The number of benzene rings is 1. The second-order valence-corrected chi connectivity index (χ2v) is 7.23. The van der Waals surface area contributed by atoms with Crippen LogP contribution in [0.3, 0.4) is 0 Å². The molecule has 1 aromatic carbocycles. The molecule has 27 heavy (non-hydrogen) atoms. The van der Waals surface area contributed by atoms with Gasteiger partial charge in [0.1, 0.15) is 0 Å². The molecule has 1 aliphatic rings. The van der Waals surface area contributed by atoms with Gasteiger partial charge in [0.25, 0.3) is 0 Å². The largest absolute Gasteiger partial charge is 0.467 e. The number of ether oxygens (including phenoxy) is 1. The SMILES string of the molecule is COC(=O)C1(Sc2c(F)c(F)c(F)c(F)c2F)C(C)=C(C)C(=O)C(C)=C1C. The summed E-state index contributed by atoms with van der Waals surface area (Å²) in [6.07, 6.45) is 0. The Bertz CT molecular complexity index is 876. The van der Waals surface area contributed by atoms with Crippen LogP contribution in [0.4, 0.5) is 22.0 Å². The molecular formula is C18H15F5O3S. The highest BCUT2D eigenvalue weighted by atomic mass is 32.2. The van der Waals surface area contributed by atoms with Gasteiger partial charge in [-0.25, -0.2) is 26.7 Å². The van der Waals surface area contributed by atoms with E-state index in [4.69, 9.17) is 4.74 Å². The standard InChI is InChI=1S/C18H15F5O3S/c1-6-8(3)18(17(25)26-5,9(4)7(2)15(6)24)27-16-13(22)11(20)10(19)12(21)14(16)23/h1-5H3. The summed E-state index contributed by atoms with van der Waals surface area (Å²) in [6, 6.07) is 0. The van der Waals surface area contributed by atoms with Gasteiger partial charge in [0.05, 0.1) is 12.0 Å². The van der Waals surface area contributed by atoms with Gasteiger partial charge >= 0.3 is 5.97 Å². The number of allylic oxidation sites excluding steroid dienone is 2. The van der Waals surface area contributed by atoms with E-state index < -0.39 is 44.7 Å². The zero-order valence-corrected chi connectivity index (χ0v) is 15.8. The highest BCUT2D eigenvalue weighted by Crippen LogP contribution is 2.51. The fourth-order valence-corrected chi connectivity index (χ4v) is 4.35. The molecule has 0 spiro atoms. The number of rotatable bonds is 3. The van der Waals surface area contributed by atoms with E-state index in [1.165, 1.54) is 27.7 Å². The average molecular weight is 406 g/mol. The van der Waals surface area contributed by atoms with Crippen molar-refractivity contribution < 1.29 is 36.3 Å². The molecule has 1 aromatic rings. The topological polar surface area (TPSA) is 43.4 Å². The van der Waals surface area contributed by atoms with Gasteiger partial charge in [0.15, 0.2) is 33.8 Å². The number of halogens is 5. The molecule has 0 aromatic heterocycles. The summed E-state index contributed by atoms with van der Waals surface area (Å²) in [5, 5.41) is 0. The average Bonchev–Trinajstić information content (AvgIpc) is 2.67. The van der Waals surface area contributed by atoms with Gasteiger partial charge in [-0.3, -0.25) is 4.79 Å². The van der Waals surface area contributed by atoms with E-state index in [2.05, 4.69) is 0 Å². The van der Waals surface area contributed by atoms with E-state index in [9.17, 15) is 31.5 Å². The predicted molar refractivity (Wildman–Crippen MR) is 88.6 cm³/mol. The van der Waals surface area contributed by atoms with E-state index in [0.717, 1.165) is 7.11 Å². The molecular weight excluding hydrogens is 391 g/mol. The van der Waals surface area contributed by atoms with Crippen molar-refractivity contribution >= 4 is 23.5 Å². The minimum Gasteiger partial charge on any atom is -0.467 e. The summed E-state index contributed by atoms with van der Waals surface area (Å²) in [5.74, 6) is -12.1. The van der Waals surface area contributed by atoms with Crippen LogP contribution in [0, 0.1) is 29.1 Å². The highest BCUT2D eigenvalue weighted by Gasteiger charge is 2.51. The summed E-state index contributed by atoms with van der Waals surface area (Å²) < 4.78 is 71.8. The lowest BCUT2D eigenvalue weighted by molar-refractivity contribution is -0.141. The van der Waals surface area contributed by atoms with Crippen molar-refractivity contribution in [3.05, 3.63) is 51.4 Å². The van der Waals surface area contributed by atoms with E-state index >= 15 is 0 Å². The quantitative estimate of drug-likeness (QED) is 0.318. The maximum absolute atomic E-state index is 14.2. The van der Waals surface area contributed by atoms with Crippen molar-refractivity contribution in [1.29, 1.82) is 0 Å². The first-order valence-corrected chi connectivity index (χ1v) is 8.44. The molecule has 0 N–H and O–H groups in total. The van der Waals surface area contributed by atoms with Gasteiger partial charge in [-0.05, 0) is 50.0 Å². The summed E-state index contributed by atoms with van der Waals surface area (Å²) in [6.45, 7) is 5.56. The summed E-state index contributed by atoms with van der Waals surface area (Å²) in [7, 11) is 1.02. The normalized spacial score (nSPS) is 16.9. The van der Waals surface area contributed by atoms with Crippen molar-refractivity contribution in [3.63, 3.8) is 0 Å². The van der Waals surface area contributed by atoms with E-state index in [1.807, 2.05) is 0 Å². The van der Waals surface area contributed by atoms with Crippen molar-refractivity contribution in [2.45, 2.75) is 37.3 Å². The Morgan fingerprint density at radius 1 is 0.815 bits per heavy atom. The predicted octanol–water partition coefficient (Wildman–Crippen LogP) is 4.64. The summed E-state index contributed by atoms with van der Waals surface area (Å²) in [5.41, 5.74) is 0.438. The number of carbonyl (C=O) groups is 2. The second kappa shape index (κ2) is 7.10. The lowest BCUT2D eigenvalue weighted by atomic mass is 9.78. The van der Waals surface area contributed by atoms with Crippen LogP contribution in [-0.4, -0.2) is 23.6 Å². The van der Waals surface area contributed by atoms with E-state index in [-0.39, 0.29) is 39.8 Å². The molecule has 0 saturated heterocycles. The van der Waals surface area contributed by atoms with Crippen LogP contribution in [0.25, 0.3) is 0 Å². The number of esters is 1. The van der Waals surface area contributed by atoms with E-state index in [0.29, 0.717) is 0 Å². The Hall–Kier alpha value is -2.16. The number of thioether (sulfide) groups is 1. The molecule has 0 radical (unpaired) electrons. The van der Waals surface area contributed by atoms with Crippen molar-refractivity contribution in [2.75, 3.05) is 7.11 Å². The second-order valence-electron chi connectivity index (χ2n) is 6.00. The molecule has 3 nitrogen and oxygen atoms in total. The van der Waals surface area contributed by atoms with E-state index in [1.54, 1.807) is 0 Å². The van der Waals surface area contributed by atoms with Crippen molar-refractivity contribution in [1.82, 2.24) is 0 Å². The molecule has 9 heteroatoms. The maximum Gasteiger partial charge on any atom is 0.330 e. The lowest BCUT2D eigenvalue weighted by Gasteiger charge is -2.37. The van der Waals surface area contributed by atoms with Gasteiger partial charge in [-0.2, -0.15) is 0 Å². The van der Waals surface area contributed by atoms with Gasteiger partial charge in [0.2, 0.25) is 5.82 Å². The fourth-order valence-electron chi connectivity index (χ4n) is 2.90. The Morgan fingerprint density at radius 3 is 1.56 bits per heavy atom. The van der Waals surface area contributed by atoms with Crippen LogP contribution in [0.1, 0.15) is 27.7 Å². The first-order chi connectivity index (χ1) is 12.4. The number of hydrogen-bond donors (Lipinski definition) is 0. The van der Waals surface area contributed by atoms with Crippen LogP contribution in [0.5, 0.6) is 0 Å². The molecule has 1 aliphatic carbocycles. The minimum atomic E-state index is -2.30. The van der Waals surface area contributed by atoms with Crippen LogP contribution in [0.2, 0.25) is 0 Å². The van der Waals surface area contributed by atoms with Gasteiger partial charge < -0.3 is 4.74 Å². The molecule has 0 saturated carbocycles. The third-order valence-corrected chi connectivity index (χ3v) is 6.41. The molecule has 0 bridgehead atoms. The summed E-state index contributed by atoms with van der Waals surface area (Å²) in [4.78, 5) is 23.7. The third kappa shape index (κ3) is 2.88. The molecule has 0 fully saturated rings. The zero-order chi connectivity index (χ0) is 20.8. The van der Waals surface area contributed by atoms with Gasteiger partial charge in [-0.1, -0.05) is 11.8 Å². The first-order valence-electron chi connectivity index (χ1n) is 7.62. The summed E-state index contributed by atoms with van der Waals surface area (Å²) >= 11 is 0.122. The molecule has 0 atom stereocenters. The van der Waals surface area contributed by atoms with Gasteiger partial charge in [-0.15, -0.1) is 0 Å². The van der Waals surface area contributed by atoms with Crippen LogP contribution in [-0.2, 0) is 14.3 Å². The number of ketones is 1.